The van der Waals surface area contributed by atoms with E-state index in [2.05, 4.69) is 49.6 Å². The largest absolute Gasteiger partial charge is 0.490 e. The molecular formula is C52H60N6O4S. The van der Waals surface area contributed by atoms with Gasteiger partial charge in [0.2, 0.25) is 0 Å². The van der Waals surface area contributed by atoms with E-state index in [9.17, 15) is 10.2 Å². The Kier molecular flexibility index (Phi) is 17.9. The van der Waals surface area contributed by atoms with Gasteiger partial charge in [0.15, 0.2) is 0 Å². The summed E-state index contributed by atoms with van der Waals surface area (Å²) in [6, 6.07) is 52.2. The third-order valence-corrected chi connectivity index (χ3v) is 11.6. The molecule has 63 heavy (non-hydrogen) atoms. The molecule has 0 spiro atoms. The van der Waals surface area contributed by atoms with Gasteiger partial charge in [0, 0.05) is 72.3 Å². The number of hydrogen-bond acceptors (Lipinski definition) is 11. The molecule has 2 N–H and O–H groups in total. The minimum Gasteiger partial charge on any atom is -0.490 e. The first-order chi connectivity index (χ1) is 30.9. The lowest BCUT2D eigenvalue weighted by Gasteiger charge is -2.23. The molecule has 0 saturated carbocycles. The molecule has 2 unspecified atom stereocenters. The second-order valence-electron chi connectivity index (χ2n) is 14.7. The highest BCUT2D eigenvalue weighted by molar-refractivity contribution is 7.99. The summed E-state index contributed by atoms with van der Waals surface area (Å²) in [7, 11) is 0. The summed E-state index contributed by atoms with van der Waals surface area (Å²) in [5, 5.41) is 35.8. The van der Waals surface area contributed by atoms with Gasteiger partial charge in [-0.15, -0.1) is 0 Å². The molecule has 0 aliphatic carbocycles. The fraction of sp³-hybridized carbons (Fsp3) is 0.269. The zero-order valence-corrected chi connectivity index (χ0v) is 37.6. The normalized spacial score (nSPS) is 12.3. The second-order valence-corrected chi connectivity index (χ2v) is 15.8. The van der Waals surface area contributed by atoms with Crippen LogP contribution in [0.3, 0.4) is 0 Å². The van der Waals surface area contributed by atoms with Crippen molar-refractivity contribution in [2.24, 2.45) is 10.2 Å². The first-order valence-corrected chi connectivity index (χ1v) is 22.9. The van der Waals surface area contributed by atoms with E-state index in [0.717, 1.165) is 71.4 Å². The summed E-state index contributed by atoms with van der Waals surface area (Å²) in [5.41, 5.74) is 7.36. The van der Waals surface area contributed by atoms with Crippen molar-refractivity contribution in [3.63, 3.8) is 0 Å². The lowest BCUT2D eigenvalue weighted by molar-refractivity contribution is 0.122. The van der Waals surface area contributed by atoms with E-state index in [0.29, 0.717) is 23.0 Å². The molecule has 328 valence electrons. The van der Waals surface area contributed by atoms with Gasteiger partial charge in [-0.05, 0) is 100 Å². The highest BCUT2D eigenvalue weighted by atomic mass is 32.2. The van der Waals surface area contributed by atoms with Crippen LogP contribution in [0.1, 0.15) is 38.8 Å². The summed E-state index contributed by atoms with van der Waals surface area (Å²) >= 11 is 1.46. The number of rotatable bonds is 24. The van der Waals surface area contributed by atoms with Crippen molar-refractivity contribution in [3.8, 4) is 11.5 Å². The van der Waals surface area contributed by atoms with Crippen LogP contribution < -0.4 is 29.3 Å². The van der Waals surface area contributed by atoms with Crippen molar-refractivity contribution in [1.82, 2.24) is 0 Å². The van der Waals surface area contributed by atoms with Crippen molar-refractivity contribution >= 4 is 58.3 Å². The van der Waals surface area contributed by atoms with Gasteiger partial charge in [-0.2, -0.15) is 22.0 Å². The van der Waals surface area contributed by atoms with E-state index in [1.807, 2.05) is 156 Å². The standard InChI is InChI=1S/C52H60N6O4S/c1-5-55(6-2)47-31-29-41(35-53-57(43-21-13-9-14-22-43)44-23-15-10-16-24-44)51(33-47)61-37-49(59)39-63-40-50(60)38-62-52-34-48(56(7-3)8-4)32-30-42(52)36-54-58(45-25-17-11-18-26-45)46-27-19-12-20-28-46/h9-36,49-50,59-60H,5-8,37-40H2,1-4H3. The molecule has 0 heterocycles. The molecule has 0 amide bonds. The van der Waals surface area contributed by atoms with Crippen LogP contribution in [-0.2, 0) is 0 Å². The number of hydrazone groups is 2. The van der Waals surface area contributed by atoms with Crippen LogP contribution in [0.5, 0.6) is 11.5 Å². The van der Waals surface area contributed by atoms with E-state index in [4.69, 9.17) is 19.7 Å². The molecule has 0 saturated heterocycles. The molecule has 6 aromatic rings. The molecule has 0 bridgehead atoms. The first kappa shape index (κ1) is 46.2. The fourth-order valence-electron chi connectivity index (χ4n) is 6.97. The van der Waals surface area contributed by atoms with Crippen molar-refractivity contribution in [1.29, 1.82) is 0 Å². The minimum absolute atomic E-state index is 0.0764. The highest BCUT2D eigenvalue weighted by Gasteiger charge is 2.16. The van der Waals surface area contributed by atoms with Crippen LogP contribution in [0.4, 0.5) is 34.1 Å². The predicted octanol–water partition coefficient (Wildman–Crippen LogP) is 10.6. The SMILES string of the molecule is CCN(CC)c1ccc(C=NN(c2ccccc2)c2ccccc2)c(OCC(O)CSCC(O)COc2cc(N(CC)CC)ccc2C=NN(c2ccccc2)c2ccccc2)c1. The Morgan fingerprint density at radius 3 is 1.08 bits per heavy atom. The van der Waals surface area contributed by atoms with Crippen LogP contribution in [0, 0.1) is 0 Å². The average molecular weight is 865 g/mol. The van der Waals surface area contributed by atoms with Crippen LogP contribution in [0.15, 0.2) is 168 Å². The van der Waals surface area contributed by atoms with Gasteiger partial charge >= 0.3 is 0 Å². The Hall–Kier alpha value is -6.27. The smallest absolute Gasteiger partial charge is 0.130 e. The summed E-state index contributed by atoms with van der Waals surface area (Å²) in [6.45, 7) is 12.1. The molecular weight excluding hydrogens is 805 g/mol. The maximum Gasteiger partial charge on any atom is 0.130 e. The van der Waals surface area contributed by atoms with E-state index in [1.54, 1.807) is 12.4 Å². The van der Waals surface area contributed by atoms with E-state index >= 15 is 0 Å². The number of aliphatic hydroxyl groups excluding tert-OH is 2. The number of benzene rings is 6. The fourth-order valence-corrected chi connectivity index (χ4v) is 7.84. The van der Waals surface area contributed by atoms with Crippen LogP contribution >= 0.6 is 11.8 Å². The molecule has 2 atom stereocenters. The van der Waals surface area contributed by atoms with Crippen molar-refractivity contribution < 1.29 is 19.7 Å². The van der Waals surface area contributed by atoms with E-state index < -0.39 is 12.2 Å². The molecule has 6 rings (SSSR count). The maximum absolute atomic E-state index is 11.1. The Balaban J connectivity index is 1.10. The monoisotopic (exact) mass is 864 g/mol. The van der Waals surface area contributed by atoms with Gasteiger partial charge in [-0.1, -0.05) is 72.8 Å². The number of aliphatic hydroxyl groups is 2. The second kappa shape index (κ2) is 24.4. The molecule has 10 nitrogen and oxygen atoms in total. The van der Waals surface area contributed by atoms with E-state index in [1.165, 1.54) is 11.8 Å². The topological polar surface area (TPSA) is 96.6 Å². The maximum atomic E-state index is 11.1. The van der Waals surface area contributed by atoms with Gasteiger partial charge in [-0.25, -0.2) is 10.0 Å². The molecule has 11 heteroatoms. The molecule has 0 aliphatic heterocycles. The van der Waals surface area contributed by atoms with Crippen molar-refractivity contribution in [2.45, 2.75) is 39.9 Å². The zero-order valence-electron chi connectivity index (χ0n) is 36.8. The number of thioether (sulfide) groups is 1. The summed E-state index contributed by atoms with van der Waals surface area (Å²) in [5.74, 6) is 2.00. The van der Waals surface area contributed by atoms with Gasteiger partial charge in [-0.3, -0.25) is 0 Å². The average Bonchev–Trinajstić information content (AvgIpc) is 3.33. The lowest BCUT2D eigenvalue weighted by atomic mass is 10.1. The van der Waals surface area contributed by atoms with Crippen molar-refractivity contribution in [2.75, 3.05) is 70.7 Å². The van der Waals surface area contributed by atoms with Crippen LogP contribution in [0.2, 0.25) is 0 Å². The first-order valence-electron chi connectivity index (χ1n) is 21.8. The van der Waals surface area contributed by atoms with Crippen molar-refractivity contribution in [3.05, 3.63) is 169 Å². The van der Waals surface area contributed by atoms with Gasteiger partial charge in [0.25, 0.3) is 0 Å². The Morgan fingerprint density at radius 2 is 0.778 bits per heavy atom. The molecule has 6 aromatic carbocycles. The summed E-state index contributed by atoms with van der Waals surface area (Å²) in [4.78, 5) is 4.51. The number of ether oxygens (including phenoxy) is 2. The highest BCUT2D eigenvalue weighted by Crippen LogP contribution is 2.30. The Bertz CT molecular complexity index is 2050. The lowest BCUT2D eigenvalue weighted by Crippen LogP contribution is -2.25. The van der Waals surface area contributed by atoms with Crippen LogP contribution in [-0.4, -0.2) is 85.7 Å². The number of para-hydroxylation sites is 4. The van der Waals surface area contributed by atoms with Gasteiger partial charge < -0.3 is 29.5 Å². The third kappa shape index (κ3) is 13.4. The quantitative estimate of drug-likeness (QED) is 0.0455. The Morgan fingerprint density at radius 1 is 0.460 bits per heavy atom. The third-order valence-electron chi connectivity index (χ3n) is 10.4. The van der Waals surface area contributed by atoms with Gasteiger partial charge in [0.05, 0.1) is 47.4 Å². The number of hydrogen-bond donors (Lipinski definition) is 2. The molecule has 0 aromatic heterocycles. The molecule has 0 radical (unpaired) electrons. The summed E-state index contributed by atoms with van der Waals surface area (Å²) < 4.78 is 12.7. The summed E-state index contributed by atoms with van der Waals surface area (Å²) in [6.07, 6.45) is 2.05. The number of anilines is 6. The number of nitrogens with zero attached hydrogens (tertiary/aromatic N) is 6. The van der Waals surface area contributed by atoms with E-state index in [-0.39, 0.29) is 13.2 Å². The minimum atomic E-state index is -0.777. The van der Waals surface area contributed by atoms with Crippen LogP contribution in [0.25, 0.3) is 0 Å². The molecule has 0 aliphatic rings. The van der Waals surface area contributed by atoms with Gasteiger partial charge in [0.1, 0.15) is 24.7 Å². The Labute approximate surface area is 377 Å². The zero-order chi connectivity index (χ0) is 44.2. The predicted molar refractivity (Wildman–Crippen MR) is 266 cm³/mol. The molecule has 0 fully saturated rings.